The van der Waals surface area contributed by atoms with Crippen LogP contribution >= 0.6 is 0 Å². The van der Waals surface area contributed by atoms with Crippen molar-refractivity contribution in [2.24, 2.45) is 0 Å². The summed E-state index contributed by atoms with van der Waals surface area (Å²) in [6.45, 7) is 5.24. The van der Waals surface area contributed by atoms with Crippen LogP contribution in [0.3, 0.4) is 0 Å². The predicted octanol–water partition coefficient (Wildman–Crippen LogP) is 4.04. The Morgan fingerprint density at radius 2 is 1.67 bits per heavy atom. The van der Waals surface area contributed by atoms with Crippen molar-refractivity contribution in [3.05, 3.63) is 100 Å². The number of aryl methyl sites for hydroxylation is 1. The van der Waals surface area contributed by atoms with E-state index in [0.717, 1.165) is 21.5 Å². The van der Waals surface area contributed by atoms with Gasteiger partial charge in [0.15, 0.2) is 0 Å². The lowest BCUT2D eigenvalue weighted by molar-refractivity contribution is -0.384. The Bertz CT molecular complexity index is 1410. The highest BCUT2D eigenvalue weighted by molar-refractivity contribution is 7.92. The number of benzene rings is 3. The number of nitro benzene ring substituents is 1. The van der Waals surface area contributed by atoms with E-state index >= 15 is 0 Å². The number of hydrogen-bond donors (Lipinski definition) is 1. The number of nitro groups is 1. The van der Waals surface area contributed by atoms with E-state index in [9.17, 15) is 28.1 Å². The van der Waals surface area contributed by atoms with E-state index in [4.69, 9.17) is 0 Å². The van der Waals surface area contributed by atoms with Crippen LogP contribution < -0.4 is 9.62 Å². The van der Waals surface area contributed by atoms with Gasteiger partial charge in [-0.2, -0.15) is 0 Å². The molecule has 3 rings (SSSR count). The molecule has 3 aromatic carbocycles. The topological polar surface area (TPSA) is 130 Å². The average Bonchev–Trinajstić information content (AvgIpc) is 2.94. The van der Waals surface area contributed by atoms with Crippen LogP contribution in [0.1, 0.15) is 31.4 Å². The molecular weight excluding hydrogens is 520 g/mol. The first-order chi connectivity index (χ1) is 18.5. The molecular formula is C28H32N4O6S. The Balaban J connectivity index is 2.04. The summed E-state index contributed by atoms with van der Waals surface area (Å²) in [5.41, 5.74) is 1.42. The van der Waals surface area contributed by atoms with Crippen molar-refractivity contribution in [3.8, 4) is 0 Å². The van der Waals surface area contributed by atoms with Crippen LogP contribution in [-0.2, 0) is 26.2 Å². The van der Waals surface area contributed by atoms with Gasteiger partial charge in [0.2, 0.25) is 11.8 Å². The van der Waals surface area contributed by atoms with Gasteiger partial charge in [-0.1, -0.05) is 61.0 Å². The van der Waals surface area contributed by atoms with E-state index in [1.54, 1.807) is 25.1 Å². The number of amides is 2. The number of carbonyl (C=O) groups excluding carboxylic acids is 2. The molecule has 0 spiro atoms. The molecule has 0 fully saturated rings. The van der Waals surface area contributed by atoms with Gasteiger partial charge in [0.25, 0.3) is 15.7 Å². The molecule has 206 valence electrons. The van der Waals surface area contributed by atoms with Crippen LogP contribution in [0.5, 0.6) is 0 Å². The minimum Gasteiger partial charge on any atom is -0.354 e. The van der Waals surface area contributed by atoms with E-state index in [2.05, 4.69) is 5.32 Å². The van der Waals surface area contributed by atoms with Crippen LogP contribution in [0.25, 0.3) is 0 Å². The minimum absolute atomic E-state index is 0.0419. The first kappa shape index (κ1) is 29.3. The maximum atomic E-state index is 13.8. The zero-order valence-electron chi connectivity index (χ0n) is 22.1. The Kier molecular flexibility index (Phi) is 9.78. The van der Waals surface area contributed by atoms with Gasteiger partial charge >= 0.3 is 0 Å². The first-order valence-electron chi connectivity index (χ1n) is 12.5. The van der Waals surface area contributed by atoms with E-state index in [1.807, 2.05) is 38.1 Å². The average molecular weight is 553 g/mol. The fourth-order valence-corrected chi connectivity index (χ4v) is 5.31. The fraction of sp³-hybridized carbons (Fsp3) is 0.286. The second-order valence-electron chi connectivity index (χ2n) is 9.08. The molecule has 1 N–H and O–H groups in total. The smallest absolute Gasteiger partial charge is 0.271 e. The number of hydrogen-bond acceptors (Lipinski definition) is 6. The van der Waals surface area contributed by atoms with Crippen molar-refractivity contribution in [1.82, 2.24) is 10.2 Å². The highest BCUT2D eigenvalue weighted by Crippen LogP contribution is 2.27. The van der Waals surface area contributed by atoms with Crippen molar-refractivity contribution < 1.29 is 22.9 Å². The van der Waals surface area contributed by atoms with Crippen LogP contribution in [0.4, 0.5) is 11.4 Å². The molecule has 0 saturated carbocycles. The Morgan fingerprint density at radius 1 is 1.00 bits per heavy atom. The van der Waals surface area contributed by atoms with Crippen LogP contribution in [0.2, 0.25) is 0 Å². The normalized spacial score (nSPS) is 11.9. The molecule has 3 aromatic rings. The number of anilines is 1. The van der Waals surface area contributed by atoms with Gasteiger partial charge in [-0.3, -0.25) is 24.0 Å². The first-order valence-corrected chi connectivity index (χ1v) is 13.9. The van der Waals surface area contributed by atoms with Gasteiger partial charge in [-0.15, -0.1) is 0 Å². The molecule has 0 heterocycles. The summed E-state index contributed by atoms with van der Waals surface area (Å²) in [5, 5.41) is 14.2. The number of nitrogens with zero attached hydrogens (tertiary/aromatic N) is 3. The highest BCUT2D eigenvalue weighted by Gasteiger charge is 2.33. The van der Waals surface area contributed by atoms with Crippen LogP contribution in [-0.4, -0.2) is 49.2 Å². The third-order valence-corrected chi connectivity index (χ3v) is 7.92. The van der Waals surface area contributed by atoms with Gasteiger partial charge in [0.1, 0.15) is 12.6 Å². The van der Waals surface area contributed by atoms with E-state index in [-0.39, 0.29) is 28.7 Å². The molecule has 0 saturated heterocycles. The number of nitrogens with one attached hydrogen (secondary N) is 1. The van der Waals surface area contributed by atoms with Crippen molar-refractivity contribution >= 4 is 33.2 Å². The van der Waals surface area contributed by atoms with E-state index in [0.29, 0.717) is 13.0 Å². The molecule has 11 heteroatoms. The zero-order valence-corrected chi connectivity index (χ0v) is 22.9. The maximum absolute atomic E-state index is 13.8. The number of non-ortho nitro benzene ring substituents is 1. The molecule has 0 aliphatic rings. The Labute approximate surface area is 228 Å². The van der Waals surface area contributed by atoms with Crippen molar-refractivity contribution in [2.45, 2.75) is 44.7 Å². The molecule has 0 aromatic heterocycles. The highest BCUT2D eigenvalue weighted by atomic mass is 32.2. The summed E-state index contributed by atoms with van der Waals surface area (Å²) in [4.78, 5) is 38.7. The molecule has 0 aliphatic heterocycles. The summed E-state index contributed by atoms with van der Waals surface area (Å²) in [5.74, 6) is -1.01. The second-order valence-corrected chi connectivity index (χ2v) is 10.9. The van der Waals surface area contributed by atoms with Gasteiger partial charge in [0.05, 0.1) is 15.5 Å². The molecule has 0 radical (unpaired) electrons. The SMILES string of the molecule is CCCNC(=O)[C@@H](C)N(Cc1ccc(C)cc1)C(=O)CN(c1cccc([N+](=O)[O-])c1)S(=O)(=O)c1ccccc1. The van der Waals surface area contributed by atoms with E-state index in [1.165, 1.54) is 35.2 Å². The molecule has 0 aliphatic carbocycles. The molecule has 0 unspecified atom stereocenters. The quantitative estimate of drug-likeness (QED) is 0.267. The van der Waals surface area contributed by atoms with Gasteiger partial charge in [0, 0.05) is 25.2 Å². The lowest BCUT2D eigenvalue weighted by Crippen LogP contribution is -2.51. The van der Waals surface area contributed by atoms with Crippen molar-refractivity contribution in [1.29, 1.82) is 0 Å². The van der Waals surface area contributed by atoms with Crippen molar-refractivity contribution in [2.75, 3.05) is 17.4 Å². The Morgan fingerprint density at radius 3 is 2.28 bits per heavy atom. The van der Waals surface area contributed by atoms with Gasteiger partial charge < -0.3 is 10.2 Å². The number of carbonyl (C=O) groups is 2. The summed E-state index contributed by atoms with van der Waals surface area (Å²) in [6, 6.07) is 19.1. The second kappa shape index (κ2) is 13.0. The predicted molar refractivity (Wildman–Crippen MR) is 149 cm³/mol. The summed E-state index contributed by atoms with van der Waals surface area (Å²) < 4.78 is 28.3. The molecule has 0 bridgehead atoms. The summed E-state index contributed by atoms with van der Waals surface area (Å²) >= 11 is 0. The minimum atomic E-state index is -4.30. The fourth-order valence-electron chi connectivity index (χ4n) is 3.88. The maximum Gasteiger partial charge on any atom is 0.271 e. The van der Waals surface area contributed by atoms with Crippen molar-refractivity contribution in [3.63, 3.8) is 0 Å². The molecule has 10 nitrogen and oxygen atoms in total. The summed E-state index contributed by atoms with van der Waals surface area (Å²) in [7, 11) is -4.30. The van der Waals surface area contributed by atoms with Crippen LogP contribution in [0.15, 0.2) is 83.8 Å². The largest absolute Gasteiger partial charge is 0.354 e. The van der Waals surface area contributed by atoms with Gasteiger partial charge in [-0.05, 0) is 44.0 Å². The number of rotatable bonds is 12. The standard InChI is InChI=1S/C28H32N4O6S/c1-4-17-29-28(34)22(3)30(19-23-15-13-21(2)14-16-23)27(33)20-31(24-9-8-10-25(18-24)32(35)36)39(37,38)26-11-6-5-7-12-26/h5-16,18,22H,4,17,19-20H2,1-3H3,(H,29,34)/t22-/m1/s1. The van der Waals surface area contributed by atoms with Crippen LogP contribution in [0, 0.1) is 17.0 Å². The number of sulfonamides is 1. The summed E-state index contributed by atoms with van der Waals surface area (Å²) in [6.07, 6.45) is 0.709. The lowest BCUT2D eigenvalue weighted by atomic mass is 10.1. The zero-order chi connectivity index (χ0) is 28.6. The third kappa shape index (κ3) is 7.41. The molecule has 1 atom stereocenters. The van der Waals surface area contributed by atoms with Gasteiger partial charge in [-0.25, -0.2) is 8.42 Å². The Hall–Kier alpha value is -4.25. The van der Waals surface area contributed by atoms with E-state index < -0.39 is 33.4 Å². The third-order valence-electron chi connectivity index (χ3n) is 6.13. The lowest BCUT2D eigenvalue weighted by Gasteiger charge is -2.32. The monoisotopic (exact) mass is 552 g/mol. The molecule has 39 heavy (non-hydrogen) atoms. The molecule has 2 amide bonds.